The van der Waals surface area contributed by atoms with Crippen LogP contribution in [0, 0.1) is 13.8 Å². The second-order valence-corrected chi connectivity index (χ2v) is 5.82. The first-order valence-electron chi connectivity index (χ1n) is 6.74. The van der Waals surface area contributed by atoms with Gasteiger partial charge in [-0.25, -0.2) is 5.43 Å². The first-order chi connectivity index (χ1) is 10.5. The van der Waals surface area contributed by atoms with Crippen molar-refractivity contribution >= 4 is 34.6 Å². The van der Waals surface area contributed by atoms with Crippen LogP contribution in [0.5, 0.6) is 0 Å². The fourth-order valence-corrected chi connectivity index (χ4v) is 2.41. The summed E-state index contributed by atoms with van der Waals surface area (Å²) in [6.07, 6.45) is 0. The van der Waals surface area contributed by atoms with Crippen molar-refractivity contribution in [3.63, 3.8) is 0 Å². The Morgan fingerprint density at radius 2 is 1.86 bits per heavy atom. The predicted octanol–water partition coefficient (Wildman–Crippen LogP) is 2.84. The van der Waals surface area contributed by atoms with Gasteiger partial charge in [0.15, 0.2) is 0 Å². The molecule has 0 saturated heterocycles. The minimum absolute atomic E-state index is 0.585. The summed E-state index contributed by atoms with van der Waals surface area (Å²) < 4.78 is 0. The lowest BCUT2D eigenvalue weighted by Crippen LogP contribution is -2.32. The summed E-state index contributed by atoms with van der Waals surface area (Å²) in [6, 6.07) is 9.26. The summed E-state index contributed by atoms with van der Waals surface area (Å²) in [6.45, 7) is 5.70. The van der Waals surface area contributed by atoms with Gasteiger partial charge in [0.05, 0.1) is 5.71 Å². The SMILES string of the molecule is C/C(=N\NC(=O)C(=O)Nc1ccc(C)c(C)c1)c1cccs1. The number of nitrogens with one attached hydrogen (secondary N) is 2. The lowest BCUT2D eigenvalue weighted by molar-refractivity contribution is -0.136. The topological polar surface area (TPSA) is 70.6 Å². The smallest absolute Gasteiger partial charge is 0.318 e. The molecular formula is C16H17N3O2S. The fraction of sp³-hybridized carbons (Fsp3) is 0.188. The van der Waals surface area contributed by atoms with E-state index in [-0.39, 0.29) is 0 Å². The van der Waals surface area contributed by atoms with Crippen LogP contribution in [0.1, 0.15) is 22.9 Å². The molecule has 0 saturated carbocycles. The van der Waals surface area contributed by atoms with Crippen LogP contribution < -0.4 is 10.7 Å². The van der Waals surface area contributed by atoms with Gasteiger partial charge in [0.25, 0.3) is 0 Å². The Kier molecular flexibility index (Phi) is 5.06. The summed E-state index contributed by atoms with van der Waals surface area (Å²) in [4.78, 5) is 24.5. The molecule has 6 heteroatoms. The number of amides is 2. The van der Waals surface area contributed by atoms with E-state index in [2.05, 4.69) is 15.8 Å². The van der Waals surface area contributed by atoms with Crippen molar-refractivity contribution < 1.29 is 9.59 Å². The van der Waals surface area contributed by atoms with Crippen molar-refractivity contribution in [2.75, 3.05) is 5.32 Å². The van der Waals surface area contributed by atoms with E-state index >= 15 is 0 Å². The molecule has 0 atom stereocenters. The number of rotatable bonds is 3. The molecule has 2 N–H and O–H groups in total. The number of carbonyl (C=O) groups excluding carboxylic acids is 2. The van der Waals surface area contributed by atoms with E-state index < -0.39 is 11.8 Å². The lowest BCUT2D eigenvalue weighted by Gasteiger charge is -2.07. The molecule has 5 nitrogen and oxygen atoms in total. The lowest BCUT2D eigenvalue weighted by atomic mass is 10.1. The van der Waals surface area contributed by atoms with E-state index in [1.54, 1.807) is 13.0 Å². The number of anilines is 1. The van der Waals surface area contributed by atoms with Gasteiger partial charge in [-0.15, -0.1) is 11.3 Å². The number of hydrazone groups is 1. The Bertz CT molecular complexity index is 721. The molecule has 2 aromatic rings. The minimum atomic E-state index is -0.797. The zero-order valence-electron chi connectivity index (χ0n) is 12.6. The molecule has 1 heterocycles. The zero-order chi connectivity index (χ0) is 16.1. The number of carbonyl (C=O) groups is 2. The molecule has 2 amide bonds. The molecule has 0 aliphatic rings. The van der Waals surface area contributed by atoms with E-state index in [9.17, 15) is 9.59 Å². The predicted molar refractivity (Wildman–Crippen MR) is 89.2 cm³/mol. The highest BCUT2D eigenvalue weighted by atomic mass is 32.1. The molecule has 0 unspecified atom stereocenters. The third kappa shape index (κ3) is 4.02. The summed E-state index contributed by atoms with van der Waals surface area (Å²) in [5, 5.41) is 8.40. The Morgan fingerprint density at radius 3 is 2.50 bits per heavy atom. The van der Waals surface area contributed by atoms with Crippen LogP contribution in [-0.2, 0) is 9.59 Å². The van der Waals surface area contributed by atoms with Gasteiger partial charge in [0, 0.05) is 10.6 Å². The van der Waals surface area contributed by atoms with Crippen LogP contribution in [-0.4, -0.2) is 17.5 Å². The van der Waals surface area contributed by atoms with E-state index in [1.165, 1.54) is 11.3 Å². The van der Waals surface area contributed by atoms with Crippen molar-refractivity contribution in [2.45, 2.75) is 20.8 Å². The second-order valence-electron chi connectivity index (χ2n) is 4.87. The van der Waals surface area contributed by atoms with Crippen molar-refractivity contribution in [3.05, 3.63) is 51.7 Å². The molecule has 0 spiro atoms. The quantitative estimate of drug-likeness (QED) is 0.519. The van der Waals surface area contributed by atoms with Gasteiger partial charge in [-0.05, 0) is 55.5 Å². The average molecular weight is 315 g/mol. The summed E-state index contributed by atoms with van der Waals surface area (Å²) in [5.41, 5.74) is 5.67. The van der Waals surface area contributed by atoms with Gasteiger partial charge in [-0.1, -0.05) is 12.1 Å². The van der Waals surface area contributed by atoms with Gasteiger partial charge in [-0.3, -0.25) is 9.59 Å². The van der Waals surface area contributed by atoms with Gasteiger partial charge >= 0.3 is 11.8 Å². The molecule has 114 valence electrons. The highest BCUT2D eigenvalue weighted by molar-refractivity contribution is 7.12. The molecule has 0 aliphatic heterocycles. The van der Waals surface area contributed by atoms with Crippen LogP contribution >= 0.6 is 11.3 Å². The van der Waals surface area contributed by atoms with Crippen molar-refractivity contribution in [1.29, 1.82) is 0 Å². The van der Waals surface area contributed by atoms with E-state index in [0.717, 1.165) is 16.0 Å². The highest BCUT2D eigenvalue weighted by Gasteiger charge is 2.13. The molecule has 0 fully saturated rings. The van der Waals surface area contributed by atoms with Gasteiger partial charge in [0.2, 0.25) is 0 Å². The van der Waals surface area contributed by atoms with Crippen LogP contribution in [0.25, 0.3) is 0 Å². The molecule has 0 radical (unpaired) electrons. The maximum Gasteiger partial charge on any atom is 0.329 e. The number of thiophene rings is 1. The highest BCUT2D eigenvalue weighted by Crippen LogP contribution is 2.14. The maximum atomic E-state index is 11.8. The molecular weight excluding hydrogens is 298 g/mol. The third-order valence-electron chi connectivity index (χ3n) is 3.17. The zero-order valence-corrected chi connectivity index (χ0v) is 13.5. The second kappa shape index (κ2) is 7.00. The number of hydrogen-bond acceptors (Lipinski definition) is 4. The molecule has 0 aliphatic carbocycles. The monoisotopic (exact) mass is 315 g/mol. The summed E-state index contributed by atoms with van der Waals surface area (Å²) in [5.74, 6) is -1.54. The Labute approximate surface area is 133 Å². The normalized spacial score (nSPS) is 11.1. The van der Waals surface area contributed by atoms with Crippen molar-refractivity contribution in [2.24, 2.45) is 5.10 Å². The van der Waals surface area contributed by atoms with Crippen LogP contribution in [0.4, 0.5) is 5.69 Å². The maximum absolute atomic E-state index is 11.8. The molecule has 1 aromatic carbocycles. The third-order valence-corrected chi connectivity index (χ3v) is 4.15. The first-order valence-corrected chi connectivity index (χ1v) is 7.62. The molecule has 22 heavy (non-hydrogen) atoms. The molecule has 1 aromatic heterocycles. The minimum Gasteiger partial charge on any atom is -0.318 e. The van der Waals surface area contributed by atoms with Crippen LogP contribution in [0.2, 0.25) is 0 Å². The Morgan fingerprint density at radius 1 is 1.09 bits per heavy atom. The fourth-order valence-electron chi connectivity index (χ4n) is 1.73. The van der Waals surface area contributed by atoms with Gasteiger partial charge in [0.1, 0.15) is 0 Å². The van der Waals surface area contributed by atoms with Crippen molar-refractivity contribution in [3.8, 4) is 0 Å². The Hall–Kier alpha value is -2.47. The van der Waals surface area contributed by atoms with Crippen molar-refractivity contribution in [1.82, 2.24) is 5.43 Å². The van der Waals surface area contributed by atoms with Crippen LogP contribution in [0.3, 0.4) is 0 Å². The summed E-state index contributed by atoms with van der Waals surface area (Å²) in [7, 11) is 0. The van der Waals surface area contributed by atoms with E-state index in [0.29, 0.717) is 11.4 Å². The van der Waals surface area contributed by atoms with E-state index in [4.69, 9.17) is 0 Å². The van der Waals surface area contributed by atoms with E-state index in [1.807, 2.05) is 43.5 Å². The van der Waals surface area contributed by atoms with Gasteiger partial charge in [-0.2, -0.15) is 5.10 Å². The number of benzene rings is 1. The van der Waals surface area contributed by atoms with Gasteiger partial charge < -0.3 is 5.32 Å². The number of aryl methyl sites for hydroxylation is 2. The average Bonchev–Trinajstić information content (AvgIpc) is 3.02. The first kappa shape index (κ1) is 15.9. The largest absolute Gasteiger partial charge is 0.329 e. The number of hydrogen-bond donors (Lipinski definition) is 2. The Balaban J connectivity index is 1.96. The molecule has 0 bridgehead atoms. The van der Waals surface area contributed by atoms with Crippen LogP contribution in [0.15, 0.2) is 40.8 Å². The molecule has 2 rings (SSSR count). The standard InChI is InChI=1S/C16H17N3O2S/c1-10-6-7-13(9-11(10)2)17-15(20)16(21)19-18-12(3)14-5-4-8-22-14/h4-9H,1-3H3,(H,17,20)(H,19,21)/b18-12+. The summed E-state index contributed by atoms with van der Waals surface area (Å²) >= 11 is 1.51. The number of nitrogens with zero attached hydrogens (tertiary/aromatic N) is 1.